The van der Waals surface area contributed by atoms with Gasteiger partial charge in [-0.2, -0.15) is 0 Å². The first-order chi connectivity index (χ1) is 26.2. The summed E-state index contributed by atoms with van der Waals surface area (Å²) in [4.78, 5) is 2.38. The van der Waals surface area contributed by atoms with Crippen LogP contribution in [0.1, 0.15) is 0 Å². The number of thiophene rings is 2. The van der Waals surface area contributed by atoms with Crippen molar-refractivity contribution in [3.8, 4) is 11.1 Å². The van der Waals surface area contributed by atoms with Crippen molar-refractivity contribution >= 4 is 124 Å². The van der Waals surface area contributed by atoms with Crippen molar-refractivity contribution in [3.05, 3.63) is 164 Å². The van der Waals surface area contributed by atoms with Crippen LogP contribution in [-0.4, -0.2) is 0 Å². The maximum Gasteiger partial charge on any atom is 0.143 e. The molecule has 0 fully saturated rings. The lowest BCUT2D eigenvalue weighted by molar-refractivity contribution is 0.669. The van der Waals surface area contributed by atoms with E-state index < -0.39 is 0 Å². The normalized spacial score (nSPS) is 12.2. The molecule has 0 aliphatic rings. The molecule has 248 valence electrons. The van der Waals surface area contributed by atoms with Crippen LogP contribution in [0.5, 0.6) is 0 Å². The Morgan fingerprint density at radius 3 is 1.96 bits per heavy atom. The molecule has 0 bridgehead atoms. The second-order valence-corrected chi connectivity index (χ2v) is 15.8. The highest BCUT2D eigenvalue weighted by Gasteiger charge is 2.21. The van der Waals surface area contributed by atoms with Crippen molar-refractivity contribution in [2.24, 2.45) is 0 Å². The summed E-state index contributed by atoms with van der Waals surface area (Å²) in [5.41, 5.74) is 8.97. The highest BCUT2D eigenvalue weighted by atomic mass is 32.1. The van der Waals surface area contributed by atoms with Gasteiger partial charge >= 0.3 is 0 Å². The third kappa shape index (κ3) is 4.32. The summed E-state index contributed by atoms with van der Waals surface area (Å²) in [6.07, 6.45) is 0. The molecule has 53 heavy (non-hydrogen) atoms. The van der Waals surface area contributed by atoms with E-state index in [1.807, 2.05) is 34.8 Å². The molecule has 4 aromatic heterocycles. The summed E-state index contributed by atoms with van der Waals surface area (Å²) in [6.45, 7) is 0. The van der Waals surface area contributed by atoms with E-state index in [1.54, 1.807) is 0 Å². The first-order valence-electron chi connectivity index (χ1n) is 17.7. The third-order valence-corrected chi connectivity index (χ3v) is 13.0. The molecule has 12 rings (SSSR count). The Balaban J connectivity index is 1.07. The average molecular weight is 714 g/mol. The van der Waals surface area contributed by atoms with Gasteiger partial charge in [0.1, 0.15) is 22.3 Å². The predicted molar refractivity (Wildman–Crippen MR) is 227 cm³/mol. The zero-order valence-electron chi connectivity index (χ0n) is 28.2. The van der Waals surface area contributed by atoms with E-state index in [1.165, 1.54) is 40.3 Å². The summed E-state index contributed by atoms with van der Waals surface area (Å²) >= 11 is 3.68. The van der Waals surface area contributed by atoms with Crippen LogP contribution >= 0.6 is 22.7 Å². The number of rotatable bonds is 4. The molecule has 0 aliphatic carbocycles. The highest BCUT2D eigenvalue weighted by Crippen LogP contribution is 2.47. The van der Waals surface area contributed by atoms with Gasteiger partial charge in [-0.1, -0.05) is 97.1 Å². The molecular weight excluding hydrogens is 687 g/mol. The van der Waals surface area contributed by atoms with Crippen LogP contribution in [0.3, 0.4) is 0 Å². The van der Waals surface area contributed by atoms with Gasteiger partial charge in [0.2, 0.25) is 0 Å². The molecule has 0 unspecified atom stereocenters. The summed E-state index contributed by atoms with van der Waals surface area (Å²) in [5, 5.41) is 9.57. The number of hydrogen-bond acceptors (Lipinski definition) is 5. The predicted octanol–water partition coefficient (Wildman–Crippen LogP) is 15.4. The lowest BCUT2D eigenvalue weighted by Crippen LogP contribution is -2.10. The van der Waals surface area contributed by atoms with Gasteiger partial charge in [0.05, 0.1) is 10.4 Å². The van der Waals surface area contributed by atoms with Crippen LogP contribution in [0.15, 0.2) is 173 Å². The summed E-state index contributed by atoms with van der Waals surface area (Å²) < 4.78 is 18.3. The fourth-order valence-electron chi connectivity index (χ4n) is 8.24. The number of benzene rings is 8. The SMILES string of the molecule is c1cc(-c2cccc3c2oc2cc4c(cc23)sc2ccccc24)cc(N(c2ccc3c(c2)oc2ccccc23)c2cccc3c2sc2ccccc23)c1. The molecule has 12 aromatic rings. The van der Waals surface area contributed by atoms with Crippen LogP contribution in [-0.2, 0) is 0 Å². The van der Waals surface area contributed by atoms with E-state index >= 15 is 0 Å². The summed E-state index contributed by atoms with van der Waals surface area (Å²) in [6, 6.07) is 58.7. The maximum atomic E-state index is 6.78. The third-order valence-electron chi connectivity index (χ3n) is 10.7. The van der Waals surface area contributed by atoms with E-state index in [0.717, 1.165) is 72.1 Å². The topological polar surface area (TPSA) is 29.5 Å². The van der Waals surface area contributed by atoms with Crippen molar-refractivity contribution < 1.29 is 8.83 Å². The standard InChI is InChI=1S/C48H27NO2S2/c1-4-19-41-32(12-1)33-23-22-30(25-42(33)50-41)49(40-18-9-17-37-34-13-2-6-21-45(34)53-48(37)40)29-11-7-10-28(24-29)31-15-8-16-36-38-27-46-39(26-43(38)51-47(31)36)35-14-3-5-20-44(35)52-46/h1-27H. The second kappa shape index (κ2) is 11.1. The summed E-state index contributed by atoms with van der Waals surface area (Å²) in [5.74, 6) is 0. The van der Waals surface area contributed by atoms with Gasteiger partial charge in [0.15, 0.2) is 0 Å². The van der Waals surface area contributed by atoms with Crippen molar-refractivity contribution in [1.29, 1.82) is 0 Å². The Hall–Kier alpha value is -6.40. The fraction of sp³-hybridized carbons (Fsp3) is 0. The number of anilines is 3. The number of hydrogen-bond donors (Lipinski definition) is 0. The number of nitrogens with zero attached hydrogens (tertiary/aromatic N) is 1. The van der Waals surface area contributed by atoms with Crippen LogP contribution in [0.2, 0.25) is 0 Å². The lowest BCUT2D eigenvalue weighted by atomic mass is 10.0. The van der Waals surface area contributed by atoms with Crippen LogP contribution in [0.4, 0.5) is 17.1 Å². The summed E-state index contributed by atoms with van der Waals surface area (Å²) in [7, 11) is 0. The van der Waals surface area contributed by atoms with Gasteiger partial charge in [0.25, 0.3) is 0 Å². The van der Waals surface area contributed by atoms with Crippen molar-refractivity contribution in [1.82, 2.24) is 0 Å². The Morgan fingerprint density at radius 1 is 0.377 bits per heavy atom. The van der Waals surface area contributed by atoms with Crippen LogP contribution < -0.4 is 4.90 Å². The van der Waals surface area contributed by atoms with Crippen molar-refractivity contribution in [2.75, 3.05) is 4.90 Å². The minimum atomic E-state index is 0.869. The molecule has 3 nitrogen and oxygen atoms in total. The number of furan rings is 2. The number of fused-ring (bicyclic) bond motifs is 12. The minimum absolute atomic E-state index is 0.869. The molecule has 0 N–H and O–H groups in total. The largest absolute Gasteiger partial charge is 0.456 e. The Bertz CT molecular complexity index is 3430. The molecule has 8 aromatic carbocycles. The Labute approximate surface area is 311 Å². The monoisotopic (exact) mass is 713 g/mol. The smallest absolute Gasteiger partial charge is 0.143 e. The molecule has 0 aliphatic heterocycles. The van der Waals surface area contributed by atoms with Crippen LogP contribution in [0, 0.1) is 0 Å². The van der Waals surface area contributed by atoms with Gasteiger partial charge < -0.3 is 13.7 Å². The molecule has 0 saturated heterocycles. The first-order valence-corrected chi connectivity index (χ1v) is 19.4. The van der Waals surface area contributed by atoms with E-state index in [4.69, 9.17) is 8.83 Å². The van der Waals surface area contributed by atoms with Gasteiger partial charge in [-0.15, -0.1) is 22.7 Å². The van der Waals surface area contributed by atoms with Gasteiger partial charge in [-0.05, 0) is 66.2 Å². The molecule has 0 atom stereocenters. The average Bonchev–Trinajstić information content (AvgIpc) is 3.97. The van der Waals surface area contributed by atoms with Gasteiger partial charge in [-0.25, -0.2) is 0 Å². The van der Waals surface area contributed by atoms with Crippen LogP contribution in [0.25, 0.3) is 95.3 Å². The fourth-order valence-corrected chi connectivity index (χ4v) is 10.6. The zero-order valence-corrected chi connectivity index (χ0v) is 29.8. The lowest BCUT2D eigenvalue weighted by Gasteiger charge is -2.26. The second-order valence-electron chi connectivity index (χ2n) is 13.6. The maximum absolute atomic E-state index is 6.78. The Morgan fingerprint density at radius 2 is 1.06 bits per heavy atom. The zero-order chi connectivity index (χ0) is 34.6. The molecule has 4 heterocycles. The molecule has 0 amide bonds. The quantitative estimate of drug-likeness (QED) is 0.182. The Kier molecular flexibility index (Phi) is 6.09. The van der Waals surface area contributed by atoms with E-state index in [2.05, 4.69) is 157 Å². The van der Waals surface area contributed by atoms with Gasteiger partial charge in [-0.3, -0.25) is 0 Å². The molecule has 5 heteroatoms. The van der Waals surface area contributed by atoms with Crippen molar-refractivity contribution in [3.63, 3.8) is 0 Å². The number of para-hydroxylation sites is 2. The molecule has 0 spiro atoms. The highest BCUT2D eigenvalue weighted by molar-refractivity contribution is 7.26. The first kappa shape index (κ1) is 29.2. The molecular formula is C48H27NO2S2. The minimum Gasteiger partial charge on any atom is -0.456 e. The molecule has 0 saturated carbocycles. The molecule has 0 radical (unpaired) electrons. The van der Waals surface area contributed by atoms with E-state index in [-0.39, 0.29) is 0 Å². The van der Waals surface area contributed by atoms with E-state index in [0.29, 0.717) is 0 Å². The van der Waals surface area contributed by atoms with Gasteiger partial charge in [0, 0.05) is 80.2 Å². The van der Waals surface area contributed by atoms with E-state index in [9.17, 15) is 0 Å². The van der Waals surface area contributed by atoms with Crippen molar-refractivity contribution in [2.45, 2.75) is 0 Å².